The van der Waals surface area contributed by atoms with Gasteiger partial charge in [0.15, 0.2) is 5.66 Å². The molecule has 0 saturated carbocycles. The Morgan fingerprint density at radius 3 is 2.02 bits per heavy atom. The molecule has 3 N–H and O–H groups in total. The van der Waals surface area contributed by atoms with E-state index in [0.29, 0.717) is 48.0 Å². The number of esters is 1. The lowest BCUT2D eigenvalue weighted by molar-refractivity contribution is -0.140. The van der Waals surface area contributed by atoms with Crippen molar-refractivity contribution in [3.05, 3.63) is 113 Å². The summed E-state index contributed by atoms with van der Waals surface area (Å²) in [6.07, 6.45) is 2.47. The molecule has 0 bridgehead atoms. The van der Waals surface area contributed by atoms with Gasteiger partial charge in [-0.1, -0.05) is 72.3 Å². The highest BCUT2D eigenvalue weighted by Crippen LogP contribution is 2.47. The first-order valence-electron chi connectivity index (χ1n) is 13.6. The third-order valence-electron chi connectivity index (χ3n) is 7.06. The maximum Gasteiger partial charge on any atom is 0.305 e. The molecule has 218 valence electrons. The monoisotopic (exact) mass is 605 g/mol. The first kappa shape index (κ1) is 29.3. The molecule has 0 fully saturated rings. The molecule has 42 heavy (non-hydrogen) atoms. The van der Waals surface area contributed by atoms with E-state index in [1.54, 1.807) is 6.07 Å². The second kappa shape index (κ2) is 12.8. The van der Waals surface area contributed by atoms with Gasteiger partial charge in [-0.2, -0.15) is 0 Å². The first-order chi connectivity index (χ1) is 20.3. The van der Waals surface area contributed by atoms with Gasteiger partial charge in [-0.3, -0.25) is 9.52 Å². The summed E-state index contributed by atoms with van der Waals surface area (Å²) >= 11 is 5.98. The van der Waals surface area contributed by atoms with Crippen LogP contribution >= 0.6 is 11.6 Å². The third kappa shape index (κ3) is 6.48. The van der Waals surface area contributed by atoms with E-state index in [4.69, 9.17) is 21.1 Å². The Kier molecular flexibility index (Phi) is 8.89. The molecule has 0 atom stereocenters. The highest BCUT2D eigenvalue weighted by molar-refractivity contribution is 7.92. The Hall–Kier alpha value is -4.21. The zero-order chi connectivity index (χ0) is 29.6. The number of ether oxygens (including phenoxy) is 2. The molecule has 8 nitrogen and oxygen atoms in total. The van der Waals surface area contributed by atoms with E-state index in [9.17, 15) is 13.2 Å². The van der Waals surface area contributed by atoms with Crippen LogP contribution in [-0.2, 0) is 25.2 Å². The van der Waals surface area contributed by atoms with Gasteiger partial charge in [0, 0.05) is 28.6 Å². The Morgan fingerprint density at radius 1 is 0.833 bits per heavy atom. The average molecular weight is 606 g/mol. The number of anilines is 3. The Balaban J connectivity index is 1.46. The quantitative estimate of drug-likeness (QED) is 0.118. The van der Waals surface area contributed by atoms with E-state index in [-0.39, 0.29) is 10.9 Å². The molecule has 0 amide bonds. The molecular formula is C32H32ClN3O5S. The average Bonchev–Trinajstić information content (AvgIpc) is 3.39. The van der Waals surface area contributed by atoms with Crippen LogP contribution in [-0.4, -0.2) is 28.1 Å². The second-order valence-corrected chi connectivity index (χ2v) is 12.0. The van der Waals surface area contributed by atoms with Gasteiger partial charge in [0.05, 0.1) is 35.7 Å². The maximum absolute atomic E-state index is 13.4. The van der Waals surface area contributed by atoms with Gasteiger partial charge in [-0.05, 0) is 49.6 Å². The van der Waals surface area contributed by atoms with Crippen molar-refractivity contribution in [2.45, 2.75) is 36.2 Å². The molecular weight excluding hydrogens is 574 g/mol. The summed E-state index contributed by atoms with van der Waals surface area (Å²) in [5, 5.41) is 7.70. The number of hydrogen-bond donors (Lipinski definition) is 3. The second-order valence-electron chi connectivity index (χ2n) is 9.92. The fourth-order valence-electron chi connectivity index (χ4n) is 4.90. The molecule has 4 aromatic rings. The van der Waals surface area contributed by atoms with E-state index in [0.717, 1.165) is 23.2 Å². The van der Waals surface area contributed by atoms with Gasteiger partial charge in [0.1, 0.15) is 5.75 Å². The number of carbonyl (C=O) groups is 1. The minimum absolute atomic E-state index is 0.0789. The lowest BCUT2D eigenvalue weighted by Gasteiger charge is -2.32. The van der Waals surface area contributed by atoms with Gasteiger partial charge < -0.3 is 20.1 Å². The summed E-state index contributed by atoms with van der Waals surface area (Å²) in [6.45, 7) is 0.339. The van der Waals surface area contributed by atoms with Crippen LogP contribution in [0.5, 0.6) is 5.75 Å². The Morgan fingerprint density at radius 2 is 1.43 bits per heavy atom. The van der Waals surface area contributed by atoms with Gasteiger partial charge in [-0.15, -0.1) is 0 Å². The summed E-state index contributed by atoms with van der Waals surface area (Å²) in [5.74, 6) is 0.137. The smallest absolute Gasteiger partial charge is 0.305 e. The van der Waals surface area contributed by atoms with Crippen LogP contribution in [0.4, 0.5) is 17.1 Å². The largest absolute Gasteiger partial charge is 0.491 e. The number of hydrogen-bond acceptors (Lipinski definition) is 7. The van der Waals surface area contributed by atoms with Crippen LogP contribution < -0.4 is 20.1 Å². The molecule has 0 saturated heterocycles. The molecule has 1 aliphatic rings. The number of benzene rings is 4. The van der Waals surface area contributed by atoms with Crippen molar-refractivity contribution in [1.29, 1.82) is 0 Å². The van der Waals surface area contributed by atoms with Crippen molar-refractivity contribution in [1.82, 2.24) is 0 Å². The fraction of sp³-hybridized carbons (Fsp3) is 0.219. The van der Waals surface area contributed by atoms with Gasteiger partial charge >= 0.3 is 5.97 Å². The molecule has 0 aliphatic carbocycles. The van der Waals surface area contributed by atoms with E-state index in [1.807, 2.05) is 66.7 Å². The molecule has 1 heterocycles. The standard InChI is InChI=1S/C32H32ClN3O5S/c1-40-31(37)15-9-4-10-20-41-30-22-28-27(21-29(30)36-42(38,39)26-18-16-25(33)17-19-26)34-32(35-28,23-11-5-2-6-12-23)24-13-7-3-8-14-24/h2-3,5-8,11-14,16-19,21-22,34-36H,4,9-10,15,20H2,1H3. The lowest BCUT2D eigenvalue weighted by Crippen LogP contribution is -2.39. The van der Waals surface area contributed by atoms with Crippen LogP contribution in [0.3, 0.4) is 0 Å². The Bertz CT molecular complexity index is 1590. The number of fused-ring (bicyclic) bond motifs is 1. The Labute approximate surface area is 251 Å². The molecule has 10 heteroatoms. The van der Waals surface area contributed by atoms with E-state index >= 15 is 0 Å². The molecule has 0 unspecified atom stereocenters. The van der Waals surface area contributed by atoms with E-state index in [1.165, 1.54) is 31.4 Å². The summed E-state index contributed by atoms with van der Waals surface area (Å²) in [6, 6.07) is 29.5. The van der Waals surface area contributed by atoms with Crippen molar-refractivity contribution < 1.29 is 22.7 Å². The molecule has 0 spiro atoms. The molecule has 0 radical (unpaired) electrons. The van der Waals surface area contributed by atoms with Crippen molar-refractivity contribution >= 4 is 44.7 Å². The van der Waals surface area contributed by atoms with Crippen molar-refractivity contribution in [3.8, 4) is 5.75 Å². The number of rotatable bonds is 12. The number of carbonyl (C=O) groups excluding carboxylic acids is 1. The van der Waals surface area contributed by atoms with Crippen molar-refractivity contribution in [3.63, 3.8) is 0 Å². The normalized spacial score (nSPS) is 13.4. The minimum atomic E-state index is -3.94. The van der Waals surface area contributed by atoms with E-state index in [2.05, 4.69) is 15.4 Å². The van der Waals surface area contributed by atoms with Crippen LogP contribution in [0.25, 0.3) is 0 Å². The zero-order valence-electron chi connectivity index (χ0n) is 23.1. The van der Waals surface area contributed by atoms with Crippen molar-refractivity contribution in [2.75, 3.05) is 29.1 Å². The molecule has 5 rings (SSSR count). The maximum atomic E-state index is 13.4. The summed E-state index contributed by atoms with van der Waals surface area (Å²) in [5.41, 5.74) is 2.96. The third-order valence-corrected chi connectivity index (χ3v) is 8.69. The molecule has 4 aromatic carbocycles. The summed E-state index contributed by atoms with van der Waals surface area (Å²) in [7, 11) is -2.57. The first-order valence-corrected chi connectivity index (χ1v) is 15.5. The number of unbranched alkanes of at least 4 members (excludes halogenated alkanes) is 2. The predicted molar refractivity (Wildman–Crippen MR) is 166 cm³/mol. The number of sulfonamides is 1. The topological polar surface area (TPSA) is 106 Å². The number of halogens is 1. The van der Waals surface area contributed by atoms with Gasteiger partial charge in [-0.25, -0.2) is 8.42 Å². The number of methoxy groups -OCH3 is 1. The lowest BCUT2D eigenvalue weighted by atomic mass is 9.92. The SMILES string of the molecule is COC(=O)CCCCCOc1cc2c(cc1NS(=O)(=O)c1ccc(Cl)cc1)NC(c1ccccc1)(c1ccccc1)N2. The zero-order valence-corrected chi connectivity index (χ0v) is 24.7. The van der Waals surface area contributed by atoms with Gasteiger partial charge in [0.2, 0.25) is 0 Å². The van der Waals surface area contributed by atoms with Crippen LogP contribution in [0.1, 0.15) is 36.8 Å². The number of nitrogens with one attached hydrogen (secondary N) is 3. The fourth-order valence-corrected chi connectivity index (χ4v) is 6.09. The molecule has 0 aromatic heterocycles. The van der Waals surface area contributed by atoms with Crippen LogP contribution in [0.2, 0.25) is 5.02 Å². The van der Waals surface area contributed by atoms with Crippen molar-refractivity contribution in [2.24, 2.45) is 0 Å². The van der Waals surface area contributed by atoms with Gasteiger partial charge in [0.25, 0.3) is 10.0 Å². The minimum Gasteiger partial charge on any atom is -0.491 e. The molecule has 1 aliphatic heterocycles. The predicted octanol–water partition coefficient (Wildman–Crippen LogP) is 6.99. The highest BCUT2D eigenvalue weighted by atomic mass is 35.5. The van der Waals surface area contributed by atoms with Crippen LogP contribution in [0, 0.1) is 0 Å². The highest BCUT2D eigenvalue weighted by Gasteiger charge is 2.40. The van der Waals surface area contributed by atoms with Crippen LogP contribution in [0.15, 0.2) is 102 Å². The summed E-state index contributed by atoms with van der Waals surface area (Å²) in [4.78, 5) is 11.5. The van der Waals surface area contributed by atoms with E-state index < -0.39 is 15.7 Å². The summed E-state index contributed by atoms with van der Waals surface area (Å²) < 4.78 is 40.3.